The number of hydrogen-bond donors (Lipinski definition) is 1. The lowest BCUT2D eigenvalue weighted by Crippen LogP contribution is -2.08. The molecule has 0 amide bonds. The molecule has 0 unspecified atom stereocenters. The van der Waals surface area contributed by atoms with Gasteiger partial charge in [0.2, 0.25) is 0 Å². The Kier molecular flexibility index (Phi) is 18.0. The van der Waals surface area contributed by atoms with Gasteiger partial charge in [-0.15, -0.1) is 0 Å². The van der Waals surface area contributed by atoms with Crippen LogP contribution in [0.3, 0.4) is 0 Å². The molecule has 118 valence electrons. The second kappa shape index (κ2) is 13.5. The number of aliphatic hydroxyl groups is 1. The first-order chi connectivity index (χ1) is 7.69. The van der Waals surface area contributed by atoms with E-state index < -0.39 is 18.7 Å². The van der Waals surface area contributed by atoms with E-state index in [1.807, 2.05) is 0 Å². The molecule has 1 N–H and O–H groups in total. The van der Waals surface area contributed by atoms with Gasteiger partial charge in [0.15, 0.2) is 6.79 Å². The van der Waals surface area contributed by atoms with Crippen molar-refractivity contribution in [3.63, 3.8) is 0 Å². The Morgan fingerprint density at radius 1 is 0.900 bits per heavy atom. The molecule has 0 aliphatic carbocycles. The van der Waals surface area contributed by atoms with Crippen molar-refractivity contribution in [1.82, 2.24) is 0 Å². The fourth-order valence-corrected chi connectivity index (χ4v) is 1.10. The lowest BCUT2D eigenvalue weighted by molar-refractivity contribution is 0.00679. The predicted molar refractivity (Wildman–Crippen MR) is 81.8 cm³/mol. The van der Waals surface area contributed by atoms with Crippen molar-refractivity contribution < 1.29 is 24.2 Å². The molecule has 0 saturated carbocycles. The van der Waals surface area contributed by atoms with Crippen LogP contribution in [-0.2, 0) is 9.47 Å². The molecule has 0 aromatic heterocycles. The zero-order valence-corrected chi connectivity index (χ0v) is 8.80. The van der Waals surface area contributed by atoms with E-state index in [-0.39, 0.29) is 35.3 Å². The fraction of sp³-hybridized carbons (Fsp3) is 0.467. The molecule has 0 atom stereocenters. The summed E-state index contributed by atoms with van der Waals surface area (Å²) in [6.07, 6.45) is 0. The largest absolute Gasteiger partial charge is 0.462 e. The number of carbonyl (C=O) groups is 2. The summed E-state index contributed by atoms with van der Waals surface area (Å²) in [6, 6.07) is 5.80. The van der Waals surface area contributed by atoms with Gasteiger partial charge >= 0.3 is 11.9 Å². The van der Waals surface area contributed by atoms with E-state index in [0.717, 1.165) is 0 Å². The first-order valence-electron chi connectivity index (χ1n) is 4.74. The summed E-state index contributed by atoms with van der Waals surface area (Å²) in [5.41, 5.74) is 0.629. The Labute approximate surface area is 122 Å². The number of benzene rings is 1. The smallest absolute Gasteiger partial charge is 0.340 e. The molecule has 0 heterocycles. The summed E-state index contributed by atoms with van der Waals surface area (Å²) >= 11 is 0. The number of aliphatic hydroxyl groups excluding tert-OH is 1. The molecule has 0 aliphatic heterocycles. The second-order valence-corrected chi connectivity index (χ2v) is 2.86. The van der Waals surface area contributed by atoms with E-state index in [4.69, 9.17) is 9.84 Å². The van der Waals surface area contributed by atoms with Gasteiger partial charge in [0.25, 0.3) is 0 Å². The van der Waals surface area contributed by atoms with Gasteiger partial charge in [-0.05, 0) is 31.2 Å². The first-order valence-corrected chi connectivity index (χ1v) is 4.74. The standard InChI is InChI=1S/C11H12O5.4CH4/c1-2-15-10(13)8-3-5-9(6-4-8)11(14)16-7-12;;;;/h3-6,12H,2,7H2,1H3;4*1H4. The summed E-state index contributed by atoms with van der Waals surface area (Å²) < 4.78 is 9.16. The van der Waals surface area contributed by atoms with E-state index in [2.05, 4.69) is 4.74 Å². The van der Waals surface area contributed by atoms with Crippen LogP contribution in [0.15, 0.2) is 24.3 Å². The van der Waals surface area contributed by atoms with Gasteiger partial charge in [0.05, 0.1) is 17.7 Å². The van der Waals surface area contributed by atoms with Crippen molar-refractivity contribution in [1.29, 1.82) is 0 Å². The van der Waals surface area contributed by atoms with Crippen molar-refractivity contribution in [2.45, 2.75) is 36.6 Å². The van der Waals surface area contributed by atoms with Gasteiger partial charge in [-0.25, -0.2) is 9.59 Å². The third-order valence-corrected chi connectivity index (χ3v) is 1.83. The third-order valence-electron chi connectivity index (χ3n) is 1.83. The van der Waals surface area contributed by atoms with Gasteiger partial charge in [-0.3, -0.25) is 0 Å². The molecular weight excluding hydrogens is 260 g/mol. The fourth-order valence-electron chi connectivity index (χ4n) is 1.10. The first kappa shape index (κ1) is 26.6. The van der Waals surface area contributed by atoms with Gasteiger partial charge in [-0.2, -0.15) is 0 Å². The molecule has 5 heteroatoms. The maximum Gasteiger partial charge on any atom is 0.340 e. The Morgan fingerprint density at radius 3 is 1.55 bits per heavy atom. The van der Waals surface area contributed by atoms with Crippen LogP contribution in [0.4, 0.5) is 0 Å². The van der Waals surface area contributed by atoms with E-state index in [9.17, 15) is 9.59 Å². The van der Waals surface area contributed by atoms with E-state index in [1.54, 1.807) is 6.92 Å². The van der Waals surface area contributed by atoms with Crippen LogP contribution < -0.4 is 0 Å². The van der Waals surface area contributed by atoms with Crippen LogP contribution in [0, 0.1) is 0 Å². The van der Waals surface area contributed by atoms with Crippen molar-refractivity contribution >= 4 is 11.9 Å². The number of ether oxygens (including phenoxy) is 2. The molecule has 0 saturated heterocycles. The number of esters is 2. The topological polar surface area (TPSA) is 72.8 Å². The summed E-state index contributed by atoms with van der Waals surface area (Å²) in [6.45, 7) is 1.34. The summed E-state index contributed by atoms with van der Waals surface area (Å²) in [4.78, 5) is 22.4. The van der Waals surface area contributed by atoms with Gasteiger partial charge in [-0.1, -0.05) is 29.7 Å². The minimum atomic E-state index is -0.668. The molecule has 20 heavy (non-hydrogen) atoms. The quantitative estimate of drug-likeness (QED) is 0.678. The lowest BCUT2D eigenvalue weighted by atomic mass is 10.1. The Hall–Kier alpha value is -1.88. The highest BCUT2D eigenvalue weighted by molar-refractivity contribution is 5.93. The van der Waals surface area contributed by atoms with Gasteiger partial charge < -0.3 is 14.6 Å². The lowest BCUT2D eigenvalue weighted by Gasteiger charge is -2.03. The van der Waals surface area contributed by atoms with Gasteiger partial charge in [0, 0.05) is 0 Å². The van der Waals surface area contributed by atoms with Crippen LogP contribution in [-0.4, -0.2) is 30.4 Å². The molecular formula is C15H28O5. The average molecular weight is 288 g/mol. The molecule has 1 aromatic carbocycles. The molecule has 5 nitrogen and oxygen atoms in total. The molecule has 0 aliphatic rings. The van der Waals surface area contributed by atoms with Crippen molar-refractivity contribution in [2.24, 2.45) is 0 Å². The normalized spacial score (nSPS) is 7.70. The molecule has 0 radical (unpaired) electrons. The number of hydrogen-bond acceptors (Lipinski definition) is 5. The van der Waals surface area contributed by atoms with Crippen molar-refractivity contribution in [2.75, 3.05) is 13.4 Å². The van der Waals surface area contributed by atoms with Crippen LogP contribution in [0.2, 0.25) is 0 Å². The highest BCUT2D eigenvalue weighted by atomic mass is 16.6. The maximum atomic E-state index is 11.3. The molecule has 0 fully saturated rings. The summed E-state index contributed by atoms with van der Waals surface area (Å²) in [5, 5.41) is 8.39. The molecule has 1 aromatic rings. The van der Waals surface area contributed by atoms with E-state index >= 15 is 0 Å². The zero-order valence-electron chi connectivity index (χ0n) is 8.80. The van der Waals surface area contributed by atoms with Crippen LogP contribution in [0.5, 0.6) is 0 Å². The molecule has 1 rings (SSSR count). The average Bonchev–Trinajstić information content (AvgIpc) is 2.30. The minimum Gasteiger partial charge on any atom is -0.462 e. The highest BCUT2D eigenvalue weighted by Gasteiger charge is 2.09. The van der Waals surface area contributed by atoms with Crippen LogP contribution in [0.25, 0.3) is 0 Å². The minimum absolute atomic E-state index is 0. The van der Waals surface area contributed by atoms with E-state index in [0.29, 0.717) is 12.2 Å². The van der Waals surface area contributed by atoms with Crippen molar-refractivity contribution in [3.05, 3.63) is 35.4 Å². The van der Waals surface area contributed by atoms with Crippen molar-refractivity contribution in [3.8, 4) is 0 Å². The maximum absolute atomic E-state index is 11.3. The summed E-state index contributed by atoms with van der Waals surface area (Å²) in [7, 11) is 0. The van der Waals surface area contributed by atoms with Gasteiger partial charge in [0.1, 0.15) is 0 Å². The SMILES string of the molecule is C.C.C.C.CCOC(=O)c1ccc(C(=O)OCO)cc1. The molecule has 0 bridgehead atoms. The van der Waals surface area contributed by atoms with Crippen LogP contribution >= 0.6 is 0 Å². The van der Waals surface area contributed by atoms with E-state index in [1.165, 1.54) is 24.3 Å². The third kappa shape index (κ3) is 7.53. The summed E-state index contributed by atoms with van der Waals surface area (Å²) in [5.74, 6) is -1.08. The Balaban J connectivity index is -0.000000320. The second-order valence-electron chi connectivity index (χ2n) is 2.86. The van der Waals surface area contributed by atoms with Crippen LogP contribution in [0.1, 0.15) is 57.3 Å². The highest BCUT2D eigenvalue weighted by Crippen LogP contribution is 2.07. The molecule has 0 spiro atoms. The predicted octanol–water partition coefficient (Wildman–Crippen LogP) is 3.51. The zero-order chi connectivity index (χ0) is 12.0. The number of carbonyl (C=O) groups excluding carboxylic acids is 2. The number of rotatable bonds is 4. The Bertz CT molecular complexity index is 333. The Morgan fingerprint density at radius 2 is 1.25 bits per heavy atom. The monoisotopic (exact) mass is 288 g/mol.